The van der Waals surface area contributed by atoms with Gasteiger partial charge >= 0.3 is 0 Å². The van der Waals surface area contributed by atoms with E-state index in [0.717, 1.165) is 22.3 Å². The SMILES string of the molecule is CC[C@H]1OC(=C(F)c2ccccc2C2OCCO2)[C@H](OCc2ccccc2)[C@@H](OCc2ccccc2)[C@@H]1C.CC[C@H]1OC(=C(F)c2ccccc2C=O)[C@H](OCc2ccccc2)[C@@H](OCc2ccccc2)[C@@H]1C. The first-order chi connectivity index (χ1) is 35.8. The Morgan fingerprint density at radius 1 is 0.493 bits per heavy atom. The van der Waals surface area contributed by atoms with Crippen molar-refractivity contribution < 1.29 is 51.5 Å². The summed E-state index contributed by atoms with van der Waals surface area (Å²) in [5, 5.41) is 0. The molecule has 0 N–H and O–H groups in total. The molecule has 0 amide bonds. The van der Waals surface area contributed by atoms with Gasteiger partial charge in [-0.15, -0.1) is 0 Å². The van der Waals surface area contributed by atoms with Crippen LogP contribution in [0, 0.1) is 11.8 Å². The number of aldehydes is 1. The second-order valence-corrected chi connectivity index (χ2v) is 18.5. The Balaban J connectivity index is 0.000000196. The molecule has 6 aromatic rings. The van der Waals surface area contributed by atoms with Gasteiger partial charge in [-0.05, 0) is 35.1 Å². The van der Waals surface area contributed by atoms with E-state index in [9.17, 15) is 4.79 Å². The van der Waals surface area contributed by atoms with Crippen LogP contribution in [-0.2, 0) is 64.3 Å². The number of benzene rings is 6. The van der Waals surface area contributed by atoms with Gasteiger partial charge in [0.2, 0.25) is 0 Å². The lowest BCUT2D eigenvalue weighted by molar-refractivity contribution is -0.167. The number of halogens is 2. The van der Waals surface area contributed by atoms with E-state index in [-0.39, 0.29) is 53.3 Å². The summed E-state index contributed by atoms with van der Waals surface area (Å²) in [6, 6.07) is 53.3. The molecule has 0 unspecified atom stereocenters. The van der Waals surface area contributed by atoms with Crippen molar-refractivity contribution in [1.29, 1.82) is 0 Å². The second kappa shape index (κ2) is 26.6. The van der Waals surface area contributed by atoms with Crippen molar-refractivity contribution in [2.24, 2.45) is 11.8 Å². The van der Waals surface area contributed by atoms with Crippen LogP contribution in [0.1, 0.15) is 96.1 Å². The number of hydrogen-bond donors (Lipinski definition) is 0. The lowest BCUT2D eigenvalue weighted by Crippen LogP contribution is -2.49. The lowest BCUT2D eigenvalue weighted by atomic mass is 9.87. The molecule has 0 radical (unpaired) electrons. The highest BCUT2D eigenvalue weighted by Crippen LogP contribution is 2.42. The summed E-state index contributed by atoms with van der Waals surface area (Å²) in [4.78, 5) is 11.6. The van der Waals surface area contributed by atoms with Gasteiger partial charge in [0.15, 0.2) is 35.7 Å². The maximum absolute atomic E-state index is 16.6. The third kappa shape index (κ3) is 13.5. The molecule has 3 saturated heterocycles. The fraction of sp³-hybridized carbons (Fsp3) is 0.339. The maximum atomic E-state index is 16.6. The molecule has 6 aromatic carbocycles. The van der Waals surface area contributed by atoms with Crippen molar-refractivity contribution in [1.82, 2.24) is 0 Å². The summed E-state index contributed by atoms with van der Waals surface area (Å²) in [5.74, 6) is -0.881. The van der Waals surface area contributed by atoms with Crippen LogP contribution < -0.4 is 0 Å². The highest BCUT2D eigenvalue weighted by molar-refractivity contribution is 5.84. The monoisotopic (exact) mass is 992 g/mol. The summed E-state index contributed by atoms with van der Waals surface area (Å²) in [5.41, 5.74) is 5.50. The van der Waals surface area contributed by atoms with Crippen molar-refractivity contribution in [2.45, 2.75) is 110 Å². The summed E-state index contributed by atoms with van der Waals surface area (Å²) in [7, 11) is 0. The van der Waals surface area contributed by atoms with E-state index in [1.165, 1.54) is 0 Å². The van der Waals surface area contributed by atoms with Gasteiger partial charge in [0, 0.05) is 34.1 Å². The summed E-state index contributed by atoms with van der Waals surface area (Å²) in [6.45, 7) is 10.5. The molecule has 0 bridgehead atoms. The van der Waals surface area contributed by atoms with Crippen LogP contribution in [0.15, 0.2) is 181 Å². The summed E-state index contributed by atoms with van der Waals surface area (Å²) < 4.78 is 82.4. The van der Waals surface area contributed by atoms with Crippen LogP contribution in [0.25, 0.3) is 11.7 Å². The Hall–Kier alpha value is -6.31. The smallest absolute Gasteiger partial charge is 0.184 e. The minimum Gasteiger partial charge on any atom is -0.488 e. The molecule has 0 aliphatic carbocycles. The molecular formula is C62H66F2O9. The zero-order valence-corrected chi connectivity index (χ0v) is 42.0. The van der Waals surface area contributed by atoms with Crippen molar-refractivity contribution >= 4 is 17.9 Å². The van der Waals surface area contributed by atoms with Gasteiger partial charge in [-0.3, -0.25) is 4.79 Å². The molecule has 0 spiro atoms. The standard InChI is InChI=1S/C32H35FO5.C30H31FO4/c1-3-27-22(2)29(36-20-23-12-6-4-7-13-23)31(37-21-24-14-8-5-9-15-24)30(38-27)28(33)25-16-10-11-17-26(25)32-34-18-19-35-32;1-3-26-21(2)28(33-19-22-12-6-4-7-13-22)30(34-20-23-14-8-5-9-15-23)29(35-26)27(31)25-17-11-10-16-24(25)18-32/h4-17,22,27,29,31-32H,3,18-21H2,1-2H3;4-18,21,26,28,30H,3,19-20H2,1-2H3/t22-,27-,29+,31-;21-,26-,28+,30-/m11/s1. The van der Waals surface area contributed by atoms with E-state index in [2.05, 4.69) is 13.8 Å². The molecule has 3 fully saturated rings. The van der Waals surface area contributed by atoms with Crippen molar-refractivity contribution in [3.63, 3.8) is 0 Å². The van der Waals surface area contributed by atoms with Crippen molar-refractivity contribution in [3.05, 3.63) is 226 Å². The number of hydrogen-bond acceptors (Lipinski definition) is 9. The van der Waals surface area contributed by atoms with Crippen LogP contribution in [0.5, 0.6) is 0 Å². The third-order valence-corrected chi connectivity index (χ3v) is 13.6. The number of ether oxygens (including phenoxy) is 8. The normalized spacial score (nSPS) is 24.4. The zero-order chi connectivity index (χ0) is 50.9. The average Bonchev–Trinajstić information content (AvgIpc) is 4.00. The van der Waals surface area contributed by atoms with Gasteiger partial charge in [-0.2, -0.15) is 0 Å². The largest absolute Gasteiger partial charge is 0.488 e. The van der Waals surface area contributed by atoms with E-state index < -0.39 is 42.4 Å². The number of carbonyl (C=O) groups is 1. The van der Waals surface area contributed by atoms with Crippen LogP contribution in [0.2, 0.25) is 0 Å². The van der Waals surface area contributed by atoms with Gasteiger partial charge in [0.25, 0.3) is 0 Å². The Labute approximate surface area is 428 Å². The number of carbonyl (C=O) groups excluding carboxylic acids is 1. The predicted molar refractivity (Wildman–Crippen MR) is 278 cm³/mol. The Morgan fingerprint density at radius 3 is 1.26 bits per heavy atom. The molecule has 11 heteroatoms. The Morgan fingerprint density at radius 2 is 0.849 bits per heavy atom. The van der Waals surface area contributed by atoms with Gasteiger partial charge in [0.1, 0.15) is 24.4 Å². The summed E-state index contributed by atoms with van der Waals surface area (Å²) >= 11 is 0. The molecule has 3 aliphatic rings. The maximum Gasteiger partial charge on any atom is 0.184 e. The Bertz CT molecular complexity index is 2700. The highest BCUT2D eigenvalue weighted by Gasteiger charge is 2.46. The quantitative estimate of drug-likeness (QED) is 0.0781. The van der Waals surface area contributed by atoms with Crippen LogP contribution >= 0.6 is 0 Å². The van der Waals surface area contributed by atoms with E-state index in [4.69, 9.17) is 37.9 Å². The average molecular weight is 993 g/mol. The van der Waals surface area contributed by atoms with E-state index in [1.807, 2.05) is 147 Å². The Kier molecular flexibility index (Phi) is 19.3. The third-order valence-electron chi connectivity index (χ3n) is 13.6. The van der Waals surface area contributed by atoms with Gasteiger partial charge in [0.05, 0.1) is 51.8 Å². The molecule has 0 aromatic heterocycles. The van der Waals surface area contributed by atoms with Crippen LogP contribution in [0.3, 0.4) is 0 Å². The van der Waals surface area contributed by atoms with E-state index in [0.29, 0.717) is 63.3 Å². The van der Waals surface area contributed by atoms with E-state index >= 15 is 8.78 Å². The van der Waals surface area contributed by atoms with E-state index in [1.54, 1.807) is 36.4 Å². The molecule has 382 valence electrons. The molecule has 9 rings (SSSR count). The van der Waals surface area contributed by atoms with Crippen molar-refractivity contribution in [2.75, 3.05) is 13.2 Å². The fourth-order valence-corrected chi connectivity index (χ4v) is 9.59. The molecule has 8 atom stereocenters. The summed E-state index contributed by atoms with van der Waals surface area (Å²) in [6.07, 6.45) is -1.42. The highest BCUT2D eigenvalue weighted by atomic mass is 19.1. The molecule has 0 saturated carbocycles. The fourth-order valence-electron chi connectivity index (χ4n) is 9.59. The van der Waals surface area contributed by atoms with Gasteiger partial charge in [-0.1, -0.05) is 198 Å². The minimum absolute atomic E-state index is 0.0159. The first-order valence-electron chi connectivity index (χ1n) is 25.4. The lowest BCUT2D eigenvalue weighted by Gasteiger charge is -2.42. The van der Waals surface area contributed by atoms with Gasteiger partial charge < -0.3 is 37.9 Å². The first-order valence-corrected chi connectivity index (χ1v) is 25.4. The molecule has 3 heterocycles. The topological polar surface area (TPSA) is 90.9 Å². The zero-order valence-electron chi connectivity index (χ0n) is 42.0. The molecule has 3 aliphatic heterocycles. The molecule has 9 nitrogen and oxygen atoms in total. The van der Waals surface area contributed by atoms with Crippen molar-refractivity contribution in [3.8, 4) is 0 Å². The first kappa shape index (κ1) is 53.0. The molecular weight excluding hydrogens is 927 g/mol. The predicted octanol–water partition coefficient (Wildman–Crippen LogP) is 13.7. The van der Waals surface area contributed by atoms with Crippen LogP contribution in [0.4, 0.5) is 8.78 Å². The van der Waals surface area contributed by atoms with Gasteiger partial charge in [-0.25, -0.2) is 8.78 Å². The minimum atomic E-state index is -0.781. The molecule has 73 heavy (non-hydrogen) atoms. The second-order valence-electron chi connectivity index (χ2n) is 18.5. The number of rotatable bonds is 18. The van der Waals surface area contributed by atoms with Crippen LogP contribution in [-0.4, -0.2) is 56.1 Å².